The van der Waals surface area contributed by atoms with E-state index in [2.05, 4.69) is 15.9 Å². The van der Waals surface area contributed by atoms with Crippen molar-refractivity contribution in [3.63, 3.8) is 0 Å². The van der Waals surface area contributed by atoms with E-state index in [9.17, 15) is 4.79 Å². The molecule has 5 heteroatoms. The molecule has 1 aromatic heterocycles. The molecule has 3 nitrogen and oxygen atoms in total. The summed E-state index contributed by atoms with van der Waals surface area (Å²) < 4.78 is 0.879. The molecule has 1 heterocycles. The number of carbonyl (C=O) groups is 1. The van der Waals surface area contributed by atoms with Gasteiger partial charge in [0.25, 0.3) is 0 Å². The molecule has 0 amide bonds. The molecule has 1 aromatic rings. The molecule has 0 aromatic carbocycles. The molecule has 1 rings (SSSR count). The van der Waals surface area contributed by atoms with Crippen molar-refractivity contribution < 1.29 is 9.90 Å². The Morgan fingerprint density at radius 1 is 1.71 bits per heavy atom. The van der Waals surface area contributed by atoms with E-state index in [1.165, 1.54) is 11.3 Å². The molecule has 0 saturated heterocycles. The highest BCUT2D eigenvalue weighted by Crippen LogP contribution is 2.38. The summed E-state index contributed by atoms with van der Waals surface area (Å²) in [6, 6.07) is 1.38. The van der Waals surface area contributed by atoms with E-state index in [1.807, 2.05) is 11.4 Å². The minimum Gasteiger partial charge on any atom is -0.481 e. The number of carboxylic acids is 1. The SMILES string of the molecule is CC(C)(C(=O)O)[C@@H](N)c1sccc1Br. The van der Waals surface area contributed by atoms with Crippen molar-refractivity contribution in [1.82, 2.24) is 0 Å². The van der Waals surface area contributed by atoms with Crippen LogP contribution in [0.2, 0.25) is 0 Å². The lowest BCUT2D eigenvalue weighted by atomic mass is 9.84. The maximum Gasteiger partial charge on any atom is 0.311 e. The summed E-state index contributed by atoms with van der Waals surface area (Å²) in [5.41, 5.74) is 4.97. The molecule has 0 unspecified atom stereocenters. The van der Waals surface area contributed by atoms with Crippen LogP contribution in [0.25, 0.3) is 0 Å². The first-order valence-corrected chi connectivity index (χ1v) is 5.76. The highest BCUT2D eigenvalue weighted by atomic mass is 79.9. The van der Waals surface area contributed by atoms with Gasteiger partial charge in [-0.2, -0.15) is 0 Å². The maximum atomic E-state index is 11.0. The van der Waals surface area contributed by atoms with Crippen LogP contribution in [-0.4, -0.2) is 11.1 Å². The van der Waals surface area contributed by atoms with Crippen molar-refractivity contribution in [1.29, 1.82) is 0 Å². The van der Waals surface area contributed by atoms with Crippen molar-refractivity contribution in [3.8, 4) is 0 Å². The van der Waals surface area contributed by atoms with Crippen LogP contribution in [0.5, 0.6) is 0 Å². The first kappa shape index (κ1) is 11.7. The van der Waals surface area contributed by atoms with Gasteiger partial charge in [0, 0.05) is 9.35 Å². The topological polar surface area (TPSA) is 63.3 Å². The Hall–Kier alpha value is -0.390. The van der Waals surface area contributed by atoms with Crippen LogP contribution in [0.15, 0.2) is 15.9 Å². The monoisotopic (exact) mass is 277 g/mol. The largest absolute Gasteiger partial charge is 0.481 e. The lowest BCUT2D eigenvalue weighted by molar-refractivity contribution is -0.148. The zero-order valence-electron chi connectivity index (χ0n) is 7.95. The number of nitrogens with two attached hydrogens (primary N) is 1. The summed E-state index contributed by atoms with van der Waals surface area (Å²) in [5, 5.41) is 10.9. The summed E-state index contributed by atoms with van der Waals surface area (Å²) in [7, 11) is 0. The summed E-state index contributed by atoms with van der Waals surface area (Å²) in [6.07, 6.45) is 0. The number of hydrogen-bond acceptors (Lipinski definition) is 3. The van der Waals surface area contributed by atoms with Crippen molar-refractivity contribution in [2.24, 2.45) is 11.1 Å². The first-order valence-electron chi connectivity index (χ1n) is 4.09. The van der Waals surface area contributed by atoms with E-state index >= 15 is 0 Å². The predicted molar refractivity (Wildman–Crippen MR) is 60.4 cm³/mol. The number of hydrogen-bond donors (Lipinski definition) is 2. The molecule has 14 heavy (non-hydrogen) atoms. The predicted octanol–water partition coefficient (Wildman–Crippen LogP) is 2.62. The highest BCUT2D eigenvalue weighted by Gasteiger charge is 2.36. The Bertz CT molecular complexity index is 348. The van der Waals surface area contributed by atoms with Gasteiger partial charge in [0.15, 0.2) is 0 Å². The normalized spacial score (nSPS) is 14.0. The van der Waals surface area contributed by atoms with Gasteiger partial charge in [-0.1, -0.05) is 0 Å². The summed E-state index contributed by atoms with van der Waals surface area (Å²) in [4.78, 5) is 11.9. The molecule has 3 N–H and O–H groups in total. The second-order valence-corrected chi connectivity index (χ2v) is 5.44. The van der Waals surface area contributed by atoms with Gasteiger partial charge >= 0.3 is 5.97 Å². The molecule has 0 radical (unpaired) electrons. The molecule has 0 aliphatic carbocycles. The lowest BCUT2D eigenvalue weighted by Gasteiger charge is -2.26. The van der Waals surface area contributed by atoms with Gasteiger partial charge in [0.2, 0.25) is 0 Å². The summed E-state index contributed by atoms with van der Waals surface area (Å²) in [6.45, 7) is 3.26. The number of rotatable bonds is 3. The fourth-order valence-electron chi connectivity index (χ4n) is 0.988. The standard InChI is InChI=1S/C9H12BrNO2S/c1-9(2,8(12)13)7(11)6-5(10)3-4-14-6/h3-4,7H,11H2,1-2H3,(H,12,13)/t7-/m0/s1. The molecule has 78 valence electrons. The average Bonchev–Trinajstić information content (AvgIpc) is 2.49. The molecule has 0 saturated carbocycles. The number of halogens is 1. The smallest absolute Gasteiger partial charge is 0.311 e. The van der Waals surface area contributed by atoms with Crippen molar-refractivity contribution in [2.45, 2.75) is 19.9 Å². The van der Waals surface area contributed by atoms with E-state index in [0.717, 1.165) is 9.35 Å². The Morgan fingerprint density at radius 2 is 2.29 bits per heavy atom. The molecular formula is C9H12BrNO2S. The van der Waals surface area contributed by atoms with Gasteiger partial charge in [-0.15, -0.1) is 11.3 Å². The fourth-order valence-corrected chi connectivity index (χ4v) is 2.79. The van der Waals surface area contributed by atoms with E-state index in [4.69, 9.17) is 10.8 Å². The fraction of sp³-hybridized carbons (Fsp3) is 0.444. The van der Waals surface area contributed by atoms with E-state index < -0.39 is 17.4 Å². The van der Waals surface area contributed by atoms with Crippen molar-refractivity contribution in [2.75, 3.05) is 0 Å². The molecule has 0 fully saturated rings. The van der Waals surface area contributed by atoms with E-state index in [1.54, 1.807) is 13.8 Å². The number of aliphatic carboxylic acids is 1. The molecule has 1 atom stereocenters. The Balaban J connectivity index is 3.02. The van der Waals surface area contributed by atoms with Crippen LogP contribution in [-0.2, 0) is 4.79 Å². The second kappa shape index (κ2) is 4.00. The van der Waals surface area contributed by atoms with E-state index in [0.29, 0.717) is 0 Å². The highest BCUT2D eigenvalue weighted by molar-refractivity contribution is 9.10. The second-order valence-electron chi connectivity index (χ2n) is 3.64. The molecule has 0 spiro atoms. The third kappa shape index (κ3) is 1.99. The molecule has 0 bridgehead atoms. The van der Waals surface area contributed by atoms with Crippen LogP contribution >= 0.6 is 27.3 Å². The Kier molecular flexibility index (Phi) is 3.34. The van der Waals surface area contributed by atoms with Crippen LogP contribution in [0.3, 0.4) is 0 Å². The van der Waals surface area contributed by atoms with Gasteiger partial charge in [0.1, 0.15) is 0 Å². The molecule has 0 aliphatic rings. The zero-order chi connectivity index (χ0) is 10.9. The molecule has 0 aliphatic heterocycles. The zero-order valence-corrected chi connectivity index (χ0v) is 10.4. The van der Waals surface area contributed by atoms with Gasteiger partial charge in [-0.3, -0.25) is 4.79 Å². The third-order valence-electron chi connectivity index (χ3n) is 2.26. The van der Waals surface area contributed by atoms with Crippen LogP contribution in [0.4, 0.5) is 0 Å². The third-order valence-corrected chi connectivity index (χ3v) is 4.21. The minimum atomic E-state index is -0.951. The Morgan fingerprint density at radius 3 is 2.64 bits per heavy atom. The minimum absolute atomic E-state index is 0.491. The quantitative estimate of drug-likeness (QED) is 0.893. The van der Waals surface area contributed by atoms with Crippen LogP contribution in [0.1, 0.15) is 24.8 Å². The first-order chi connectivity index (χ1) is 6.37. The number of carboxylic acid groups (broad SMARTS) is 1. The van der Waals surface area contributed by atoms with Gasteiger partial charge in [0.05, 0.1) is 11.5 Å². The van der Waals surface area contributed by atoms with E-state index in [-0.39, 0.29) is 0 Å². The average molecular weight is 278 g/mol. The van der Waals surface area contributed by atoms with Crippen LogP contribution < -0.4 is 5.73 Å². The van der Waals surface area contributed by atoms with Crippen molar-refractivity contribution >= 4 is 33.2 Å². The lowest BCUT2D eigenvalue weighted by Crippen LogP contribution is -2.36. The van der Waals surface area contributed by atoms with Gasteiger partial charge in [-0.05, 0) is 41.2 Å². The van der Waals surface area contributed by atoms with Gasteiger partial charge in [-0.25, -0.2) is 0 Å². The molecular weight excluding hydrogens is 266 g/mol. The maximum absolute atomic E-state index is 11.0. The summed E-state index contributed by atoms with van der Waals surface area (Å²) >= 11 is 4.81. The Labute approximate surface area is 95.1 Å². The van der Waals surface area contributed by atoms with Crippen molar-refractivity contribution in [3.05, 3.63) is 20.8 Å². The number of thiophene rings is 1. The summed E-state index contributed by atoms with van der Waals surface area (Å²) in [5.74, 6) is -0.884. The van der Waals surface area contributed by atoms with Crippen LogP contribution in [0, 0.1) is 5.41 Å². The van der Waals surface area contributed by atoms with Gasteiger partial charge < -0.3 is 10.8 Å².